The van der Waals surface area contributed by atoms with Gasteiger partial charge in [0.2, 0.25) is 17.7 Å². The first-order valence-corrected chi connectivity index (χ1v) is 11.9. The van der Waals surface area contributed by atoms with Crippen LogP contribution >= 0.6 is 23.2 Å². The van der Waals surface area contributed by atoms with E-state index < -0.39 is 50.8 Å². The Bertz CT molecular complexity index is 1370. The molecule has 0 aromatic heterocycles. The standard InChI is InChI=1S/C26H17Cl2N3O5/c27-25-16-5-1-2-6-17(16)26(28,19-8-4-3-7-18(19)25)22-21(25)23(33)30(24(22)34)13-20(32)29-14-9-11-15(12-10-14)31(35)36/h1-12,21-22H,13H2,(H,29,32)/t21-,22-,25?,26?/m1/s1. The van der Waals surface area contributed by atoms with Gasteiger partial charge in [-0.05, 0) is 34.4 Å². The van der Waals surface area contributed by atoms with E-state index in [1.165, 1.54) is 24.3 Å². The zero-order chi connectivity index (χ0) is 25.4. The normalized spacial score (nSPS) is 27.3. The summed E-state index contributed by atoms with van der Waals surface area (Å²) in [5.41, 5.74) is 2.89. The lowest BCUT2D eigenvalue weighted by Gasteiger charge is -2.54. The van der Waals surface area contributed by atoms with Gasteiger partial charge in [0.25, 0.3) is 5.69 Å². The Hall–Kier alpha value is -3.75. The molecule has 3 aliphatic carbocycles. The molecule has 0 spiro atoms. The summed E-state index contributed by atoms with van der Waals surface area (Å²) in [6, 6.07) is 19.8. The van der Waals surface area contributed by atoms with Crippen molar-refractivity contribution >= 4 is 52.3 Å². The minimum atomic E-state index is -1.31. The van der Waals surface area contributed by atoms with Crippen LogP contribution in [-0.2, 0) is 24.1 Å². The third-order valence-electron chi connectivity index (χ3n) is 7.34. The van der Waals surface area contributed by atoms with Gasteiger partial charge < -0.3 is 5.32 Å². The Balaban J connectivity index is 1.37. The first-order valence-electron chi connectivity index (χ1n) is 11.2. The number of carbonyl (C=O) groups is 3. The van der Waals surface area contributed by atoms with Gasteiger partial charge in [-0.3, -0.25) is 29.4 Å². The number of anilines is 1. The topological polar surface area (TPSA) is 110 Å². The van der Waals surface area contributed by atoms with Crippen LogP contribution < -0.4 is 5.32 Å². The van der Waals surface area contributed by atoms with Gasteiger partial charge in [-0.1, -0.05) is 48.5 Å². The molecule has 2 atom stereocenters. The van der Waals surface area contributed by atoms with E-state index in [-0.39, 0.29) is 5.69 Å². The van der Waals surface area contributed by atoms with E-state index in [2.05, 4.69) is 5.32 Å². The summed E-state index contributed by atoms with van der Waals surface area (Å²) in [5, 5.41) is 13.4. The minimum absolute atomic E-state index is 0.128. The maximum Gasteiger partial charge on any atom is 0.269 e. The molecule has 10 heteroatoms. The van der Waals surface area contributed by atoms with Crippen LogP contribution in [0, 0.1) is 22.0 Å². The average Bonchev–Trinajstić information content (AvgIpc) is 3.13. The molecule has 0 radical (unpaired) electrons. The maximum absolute atomic E-state index is 13.7. The highest BCUT2D eigenvalue weighted by molar-refractivity contribution is 6.36. The van der Waals surface area contributed by atoms with Crippen LogP contribution in [0.2, 0.25) is 0 Å². The predicted molar refractivity (Wildman–Crippen MR) is 132 cm³/mol. The number of carbonyl (C=O) groups excluding carboxylic acids is 3. The zero-order valence-corrected chi connectivity index (χ0v) is 20.0. The number of alkyl halides is 2. The highest BCUT2D eigenvalue weighted by Crippen LogP contribution is 2.69. The van der Waals surface area contributed by atoms with E-state index >= 15 is 0 Å². The first kappa shape index (κ1) is 22.7. The largest absolute Gasteiger partial charge is 0.325 e. The molecule has 8 nitrogen and oxygen atoms in total. The molecule has 3 amide bonds. The van der Waals surface area contributed by atoms with E-state index in [9.17, 15) is 24.5 Å². The van der Waals surface area contributed by atoms with Crippen molar-refractivity contribution in [2.75, 3.05) is 11.9 Å². The van der Waals surface area contributed by atoms with Crippen molar-refractivity contribution in [2.24, 2.45) is 11.8 Å². The summed E-state index contributed by atoms with van der Waals surface area (Å²) in [5.74, 6) is -3.72. The van der Waals surface area contributed by atoms with Gasteiger partial charge in [-0.2, -0.15) is 0 Å². The summed E-state index contributed by atoms with van der Waals surface area (Å²) >= 11 is 14.7. The van der Waals surface area contributed by atoms with Gasteiger partial charge in [0.1, 0.15) is 16.3 Å². The lowest BCUT2D eigenvalue weighted by molar-refractivity contribution is -0.384. The number of hydrogen-bond donors (Lipinski definition) is 1. The van der Waals surface area contributed by atoms with Gasteiger partial charge in [-0.25, -0.2) is 0 Å². The van der Waals surface area contributed by atoms with E-state index in [0.29, 0.717) is 27.9 Å². The fourth-order valence-corrected chi connectivity index (χ4v) is 6.99. The van der Waals surface area contributed by atoms with E-state index in [4.69, 9.17) is 23.2 Å². The Morgan fingerprint density at radius 3 is 1.64 bits per heavy atom. The lowest BCUT2D eigenvalue weighted by Crippen LogP contribution is -2.57. The lowest BCUT2D eigenvalue weighted by atomic mass is 9.54. The van der Waals surface area contributed by atoms with Crippen molar-refractivity contribution in [3.63, 3.8) is 0 Å². The van der Waals surface area contributed by atoms with E-state index in [1.54, 1.807) is 0 Å². The molecular weight excluding hydrogens is 505 g/mol. The smallest absolute Gasteiger partial charge is 0.269 e. The molecule has 0 unspecified atom stereocenters. The van der Waals surface area contributed by atoms with Crippen molar-refractivity contribution in [3.8, 4) is 0 Å². The van der Waals surface area contributed by atoms with E-state index in [1.807, 2.05) is 48.5 Å². The molecule has 4 aliphatic rings. The fourth-order valence-electron chi connectivity index (χ4n) is 5.89. The molecule has 7 rings (SSSR count). The molecule has 2 bridgehead atoms. The number of nitro benzene ring substituents is 1. The summed E-state index contributed by atoms with van der Waals surface area (Å²) in [6.07, 6.45) is 0. The average molecular weight is 522 g/mol. The Labute approximate surface area is 215 Å². The van der Waals surface area contributed by atoms with Gasteiger partial charge >= 0.3 is 0 Å². The van der Waals surface area contributed by atoms with Crippen molar-refractivity contribution < 1.29 is 19.3 Å². The molecule has 1 N–H and O–H groups in total. The van der Waals surface area contributed by atoms with Gasteiger partial charge in [0.15, 0.2) is 0 Å². The van der Waals surface area contributed by atoms with Crippen LogP contribution in [0.15, 0.2) is 72.8 Å². The van der Waals surface area contributed by atoms with Crippen LogP contribution in [-0.4, -0.2) is 34.1 Å². The minimum Gasteiger partial charge on any atom is -0.325 e. The van der Waals surface area contributed by atoms with Crippen molar-refractivity contribution in [2.45, 2.75) is 9.75 Å². The molecule has 1 heterocycles. The van der Waals surface area contributed by atoms with Gasteiger partial charge in [0, 0.05) is 17.8 Å². The number of halogens is 2. The fraction of sp³-hybridized carbons (Fsp3) is 0.192. The molecule has 0 saturated carbocycles. The van der Waals surface area contributed by atoms with Crippen molar-refractivity contribution in [1.82, 2.24) is 4.90 Å². The summed E-state index contributed by atoms with van der Waals surface area (Å²) in [7, 11) is 0. The monoisotopic (exact) mass is 521 g/mol. The molecule has 36 heavy (non-hydrogen) atoms. The Kier molecular flexibility index (Phi) is 4.81. The predicted octanol–water partition coefficient (Wildman–Crippen LogP) is 4.13. The zero-order valence-electron chi connectivity index (χ0n) is 18.5. The van der Waals surface area contributed by atoms with Crippen LogP contribution in [0.5, 0.6) is 0 Å². The summed E-state index contributed by atoms with van der Waals surface area (Å²) in [4.78, 5) is 48.8. The van der Waals surface area contributed by atoms with Crippen LogP contribution in [0.3, 0.4) is 0 Å². The first-order chi connectivity index (χ1) is 17.2. The number of rotatable bonds is 4. The maximum atomic E-state index is 13.7. The molecule has 1 saturated heterocycles. The number of hydrogen-bond acceptors (Lipinski definition) is 5. The number of nitro groups is 1. The number of likely N-dealkylation sites (tertiary alicyclic amines) is 1. The number of nitrogens with zero attached hydrogens (tertiary/aromatic N) is 2. The van der Waals surface area contributed by atoms with Crippen LogP contribution in [0.25, 0.3) is 0 Å². The molecular formula is C26H17Cl2N3O5. The van der Waals surface area contributed by atoms with Gasteiger partial charge in [0.05, 0.1) is 16.8 Å². The SMILES string of the molecule is O=C(CN1C(=O)[C@H]2[C@H](C1=O)C1(Cl)c3ccccc3C2(Cl)c2ccccc21)Nc1ccc([N+](=O)[O-])cc1. The molecule has 3 aromatic rings. The highest BCUT2D eigenvalue weighted by Gasteiger charge is 2.73. The van der Waals surface area contributed by atoms with Crippen LogP contribution in [0.4, 0.5) is 11.4 Å². The molecule has 180 valence electrons. The summed E-state index contributed by atoms with van der Waals surface area (Å²) < 4.78 is 0. The summed E-state index contributed by atoms with van der Waals surface area (Å²) in [6.45, 7) is -0.533. The van der Waals surface area contributed by atoms with Gasteiger partial charge in [-0.15, -0.1) is 23.2 Å². The second-order valence-corrected chi connectivity index (χ2v) is 10.3. The number of non-ortho nitro benzene ring substituents is 1. The Morgan fingerprint density at radius 1 is 0.833 bits per heavy atom. The second-order valence-electron chi connectivity index (χ2n) is 9.08. The second kappa shape index (κ2) is 7.62. The third kappa shape index (κ3) is 2.79. The number of imide groups is 1. The third-order valence-corrected chi connectivity index (χ3v) is 8.62. The number of nitrogens with one attached hydrogen (secondary N) is 1. The van der Waals surface area contributed by atoms with Crippen molar-refractivity contribution in [1.29, 1.82) is 0 Å². The molecule has 1 fully saturated rings. The number of amides is 3. The quantitative estimate of drug-likeness (QED) is 0.240. The molecule has 1 aliphatic heterocycles. The molecule has 3 aromatic carbocycles. The Morgan fingerprint density at radius 2 is 1.25 bits per heavy atom. The van der Waals surface area contributed by atoms with E-state index in [0.717, 1.165) is 4.90 Å². The number of benzene rings is 3. The highest BCUT2D eigenvalue weighted by atomic mass is 35.5. The van der Waals surface area contributed by atoms with Crippen LogP contribution in [0.1, 0.15) is 22.3 Å². The van der Waals surface area contributed by atoms with Crippen molar-refractivity contribution in [3.05, 3.63) is 105 Å².